The van der Waals surface area contributed by atoms with Crippen LogP contribution in [-0.2, 0) is 30.6 Å². The van der Waals surface area contributed by atoms with Crippen molar-refractivity contribution in [3.8, 4) is 0 Å². The van der Waals surface area contributed by atoms with Crippen LogP contribution in [-0.4, -0.2) is 20.7 Å². The van der Waals surface area contributed by atoms with Crippen molar-refractivity contribution in [2.24, 2.45) is 5.73 Å². The van der Waals surface area contributed by atoms with E-state index in [1.807, 2.05) is 18.2 Å². The van der Waals surface area contributed by atoms with Crippen LogP contribution in [0.1, 0.15) is 35.8 Å². The van der Waals surface area contributed by atoms with Gasteiger partial charge in [0.25, 0.3) is 5.56 Å². The fraction of sp³-hybridized carbons (Fsp3) is 0.381. The number of primary amides is 1. The summed E-state index contributed by atoms with van der Waals surface area (Å²) in [5.74, 6) is -0.403. The van der Waals surface area contributed by atoms with Crippen molar-refractivity contribution in [2.75, 3.05) is 0 Å². The van der Waals surface area contributed by atoms with Gasteiger partial charge in [0.05, 0.1) is 10.6 Å². The maximum Gasteiger partial charge on any atom is 0.263 e. The van der Waals surface area contributed by atoms with Gasteiger partial charge >= 0.3 is 0 Å². The lowest BCUT2D eigenvalue weighted by molar-refractivity contribution is -0.117. The van der Waals surface area contributed by atoms with Crippen LogP contribution in [0.4, 0.5) is 0 Å². The summed E-state index contributed by atoms with van der Waals surface area (Å²) in [4.78, 5) is 32.0. The van der Waals surface area contributed by atoms with Crippen LogP contribution in [0.5, 0.6) is 0 Å². The fourth-order valence-corrected chi connectivity index (χ4v) is 5.80. The van der Waals surface area contributed by atoms with Crippen molar-refractivity contribution in [3.63, 3.8) is 0 Å². The number of amides is 1. The van der Waals surface area contributed by atoms with E-state index in [-0.39, 0.29) is 5.56 Å². The van der Waals surface area contributed by atoms with E-state index in [1.165, 1.54) is 34.2 Å². The molecule has 0 saturated heterocycles. The molecule has 0 spiro atoms. The first kappa shape index (κ1) is 19.2. The van der Waals surface area contributed by atoms with Crippen molar-refractivity contribution in [1.29, 1.82) is 0 Å². The minimum atomic E-state index is -0.443. The Balaban J connectivity index is 1.79. The monoisotopic (exact) mass is 413 g/mol. The van der Waals surface area contributed by atoms with Gasteiger partial charge in [-0.05, 0) is 50.2 Å². The molecule has 4 rings (SSSR count). The molecule has 1 atom stereocenters. The van der Waals surface area contributed by atoms with Crippen LogP contribution < -0.4 is 11.3 Å². The van der Waals surface area contributed by atoms with Crippen LogP contribution in [0, 0.1) is 0 Å². The van der Waals surface area contributed by atoms with Gasteiger partial charge in [-0.1, -0.05) is 42.1 Å². The largest absolute Gasteiger partial charge is 0.369 e. The summed E-state index contributed by atoms with van der Waals surface area (Å²) in [7, 11) is 0. The molecule has 0 fully saturated rings. The molecule has 3 aromatic rings. The molecular formula is C21H23N3O2S2. The van der Waals surface area contributed by atoms with Crippen LogP contribution in [0.25, 0.3) is 10.2 Å². The second-order valence-electron chi connectivity index (χ2n) is 7.14. The van der Waals surface area contributed by atoms with Crippen molar-refractivity contribution in [2.45, 2.75) is 56.0 Å². The summed E-state index contributed by atoms with van der Waals surface area (Å²) in [6.07, 6.45) is 5.01. The molecule has 0 unspecified atom stereocenters. The van der Waals surface area contributed by atoms with Crippen molar-refractivity contribution in [3.05, 3.63) is 56.7 Å². The Morgan fingerprint density at radius 2 is 2.04 bits per heavy atom. The molecule has 2 N–H and O–H groups in total. The number of aromatic nitrogens is 2. The van der Waals surface area contributed by atoms with Crippen molar-refractivity contribution >= 4 is 39.2 Å². The van der Waals surface area contributed by atoms with Gasteiger partial charge in [-0.15, -0.1) is 11.3 Å². The van der Waals surface area contributed by atoms with Gasteiger partial charge in [-0.2, -0.15) is 0 Å². The molecule has 0 aliphatic heterocycles. The Labute approximate surface area is 172 Å². The van der Waals surface area contributed by atoms with E-state index in [4.69, 9.17) is 10.7 Å². The highest BCUT2D eigenvalue weighted by atomic mass is 32.2. The quantitative estimate of drug-likeness (QED) is 0.495. The number of benzene rings is 1. The van der Waals surface area contributed by atoms with E-state index in [1.54, 1.807) is 22.8 Å². The van der Waals surface area contributed by atoms with Crippen molar-refractivity contribution in [1.82, 2.24) is 9.55 Å². The van der Waals surface area contributed by atoms with E-state index in [2.05, 4.69) is 12.1 Å². The molecule has 28 heavy (non-hydrogen) atoms. The first-order chi connectivity index (χ1) is 13.5. The molecule has 1 aliphatic carbocycles. The van der Waals surface area contributed by atoms with Crippen LogP contribution in [0.3, 0.4) is 0 Å². The van der Waals surface area contributed by atoms with Crippen LogP contribution in [0.2, 0.25) is 0 Å². The third kappa shape index (κ3) is 3.73. The number of hydrogen-bond donors (Lipinski definition) is 1. The second kappa shape index (κ2) is 8.09. The zero-order valence-electron chi connectivity index (χ0n) is 15.8. The molecule has 7 heteroatoms. The predicted octanol–water partition coefficient (Wildman–Crippen LogP) is 3.55. The number of thioether (sulfide) groups is 1. The third-order valence-corrected chi connectivity index (χ3v) is 7.48. The lowest BCUT2D eigenvalue weighted by Gasteiger charge is -2.15. The lowest BCUT2D eigenvalue weighted by Crippen LogP contribution is -2.28. The van der Waals surface area contributed by atoms with Gasteiger partial charge < -0.3 is 5.73 Å². The molecule has 1 aliphatic rings. The molecule has 5 nitrogen and oxygen atoms in total. The SMILES string of the molecule is C[C@@H](Sc1nc2sc3c(c2c(=O)n1CCc1ccccc1)CCCC3)C(N)=O. The number of rotatable bonds is 6. The minimum absolute atomic E-state index is 0.0134. The summed E-state index contributed by atoms with van der Waals surface area (Å²) < 4.78 is 1.74. The number of carbonyl (C=O) groups is 1. The average molecular weight is 414 g/mol. The van der Waals surface area contributed by atoms with E-state index >= 15 is 0 Å². The number of aryl methyl sites for hydroxylation is 3. The van der Waals surface area contributed by atoms with E-state index < -0.39 is 11.2 Å². The third-order valence-electron chi connectivity index (χ3n) is 5.19. The predicted molar refractivity (Wildman–Crippen MR) is 115 cm³/mol. The van der Waals surface area contributed by atoms with Crippen molar-refractivity contribution < 1.29 is 4.79 Å². The van der Waals surface area contributed by atoms with Gasteiger partial charge in [0.15, 0.2) is 5.16 Å². The first-order valence-electron chi connectivity index (χ1n) is 9.59. The molecule has 2 aromatic heterocycles. The van der Waals surface area contributed by atoms with E-state index in [0.29, 0.717) is 11.7 Å². The maximum atomic E-state index is 13.5. The zero-order chi connectivity index (χ0) is 19.7. The van der Waals surface area contributed by atoms with Gasteiger partial charge in [-0.3, -0.25) is 14.2 Å². The van der Waals surface area contributed by atoms with Gasteiger partial charge in [0.1, 0.15) is 4.83 Å². The Morgan fingerprint density at radius 1 is 1.29 bits per heavy atom. The number of nitrogens with two attached hydrogens (primary N) is 1. The molecule has 146 valence electrons. The van der Waals surface area contributed by atoms with Gasteiger partial charge in [0.2, 0.25) is 5.91 Å². The number of hydrogen-bond acceptors (Lipinski definition) is 5. The highest BCUT2D eigenvalue weighted by Gasteiger charge is 2.23. The van der Waals surface area contributed by atoms with Gasteiger partial charge in [-0.25, -0.2) is 4.98 Å². The maximum absolute atomic E-state index is 13.5. The molecule has 2 heterocycles. The number of fused-ring (bicyclic) bond motifs is 3. The summed E-state index contributed by atoms with van der Waals surface area (Å²) in [5.41, 5.74) is 7.83. The Bertz CT molecular complexity index is 1070. The Hall–Kier alpha value is -2.12. The summed E-state index contributed by atoms with van der Waals surface area (Å²) in [6, 6.07) is 10.1. The number of thiophene rings is 1. The standard InChI is InChI=1S/C21H23N3O2S2/c1-13(18(22)25)27-21-23-19-17(15-9-5-6-10-16(15)28-19)20(26)24(21)12-11-14-7-3-2-4-8-14/h2-4,7-8,13H,5-6,9-12H2,1H3,(H2,22,25)/t13-/m1/s1. The summed E-state index contributed by atoms with van der Waals surface area (Å²) in [6.45, 7) is 2.29. The molecule has 0 bridgehead atoms. The Kier molecular flexibility index (Phi) is 5.55. The second-order valence-corrected chi connectivity index (χ2v) is 9.53. The Morgan fingerprint density at radius 3 is 2.79 bits per heavy atom. The van der Waals surface area contributed by atoms with E-state index in [0.717, 1.165) is 35.9 Å². The smallest absolute Gasteiger partial charge is 0.263 e. The topological polar surface area (TPSA) is 78.0 Å². The zero-order valence-corrected chi connectivity index (χ0v) is 17.4. The molecular weight excluding hydrogens is 390 g/mol. The lowest BCUT2D eigenvalue weighted by atomic mass is 9.97. The number of nitrogens with zero attached hydrogens (tertiary/aromatic N) is 2. The molecule has 1 aromatic carbocycles. The minimum Gasteiger partial charge on any atom is -0.369 e. The summed E-state index contributed by atoms with van der Waals surface area (Å²) >= 11 is 2.91. The highest BCUT2D eigenvalue weighted by molar-refractivity contribution is 8.00. The van der Waals surface area contributed by atoms with Crippen LogP contribution in [0.15, 0.2) is 40.3 Å². The van der Waals surface area contributed by atoms with Gasteiger partial charge in [0, 0.05) is 11.4 Å². The highest BCUT2D eigenvalue weighted by Crippen LogP contribution is 2.35. The number of carbonyl (C=O) groups excluding carboxylic acids is 1. The normalized spacial score (nSPS) is 14.8. The van der Waals surface area contributed by atoms with E-state index in [9.17, 15) is 9.59 Å². The van der Waals surface area contributed by atoms with Crippen LogP contribution >= 0.6 is 23.1 Å². The fourth-order valence-electron chi connectivity index (χ4n) is 3.61. The molecule has 0 radical (unpaired) electrons. The molecule has 1 amide bonds. The first-order valence-corrected chi connectivity index (χ1v) is 11.3. The average Bonchev–Trinajstić information content (AvgIpc) is 3.06. The molecule has 0 saturated carbocycles. The summed E-state index contributed by atoms with van der Waals surface area (Å²) in [5, 5.41) is 0.920.